The van der Waals surface area contributed by atoms with E-state index in [1.54, 1.807) is 35.0 Å². The number of rotatable bonds is 7. The second kappa shape index (κ2) is 7.69. The quantitative estimate of drug-likeness (QED) is 0.610. The number of aromatic nitrogens is 4. The largest absolute Gasteiger partial charge is 0.480 e. The fourth-order valence-electron chi connectivity index (χ4n) is 3.53. The van der Waals surface area contributed by atoms with Crippen LogP contribution in [0.1, 0.15) is 53.8 Å². The summed E-state index contributed by atoms with van der Waals surface area (Å²) in [4.78, 5) is 14.7. The second-order valence-corrected chi connectivity index (χ2v) is 7.49. The number of carbonyl (C=O) groups excluding carboxylic acids is 1. The van der Waals surface area contributed by atoms with E-state index in [2.05, 4.69) is 22.2 Å². The lowest BCUT2D eigenvalue weighted by atomic mass is 10.2. The van der Waals surface area contributed by atoms with Crippen LogP contribution in [0.15, 0.2) is 34.9 Å². The first kappa shape index (κ1) is 19.2. The lowest BCUT2D eigenvalue weighted by molar-refractivity contribution is 0.0773. The van der Waals surface area contributed by atoms with E-state index in [0.29, 0.717) is 42.1 Å². The summed E-state index contributed by atoms with van der Waals surface area (Å²) in [5, 5.41) is 12.5. The summed E-state index contributed by atoms with van der Waals surface area (Å²) in [6, 6.07) is 7.46. The Labute approximate surface area is 169 Å². The molecule has 0 N–H and O–H groups in total. The molecule has 4 rings (SSSR count). The summed E-state index contributed by atoms with van der Waals surface area (Å²) in [6.45, 7) is 4.62. The predicted molar refractivity (Wildman–Crippen MR) is 106 cm³/mol. The minimum absolute atomic E-state index is 0.104. The van der Waals surface area contributed by atoms with Crippen LogP contribution in [-0.2, 0) is 13.0 Å². The predicted octanol–water partition coefficient (Wildman–Crippen LogP) is 3.22. The van der Waals surface area contributed by atoms with E-state index in [1.807, 2.05) is 19.1 Å². The van der Waals surface area contributed by atoms with Crippen LogP contribution < -0.4 is 4.74 Å². The van der Waals surface area contributed by atoms with Crippen molar-refractivity contribution in [3.05, 3.63) is 53.2 Å². The zero-order chi connectivity index (χ0) is 20.5. The zero-order valence-electron chi connectivity index (χ0n) is 17.1. The van der Waals surface area contributed by atoms with Crippen LogP contribution in [0.3, 0.4) is 0 Å². The molecular formula is C21H25N5O3. The Morgan fingerprint density at radius 3 is 2.72 bits per heavy atom. The third-order valence-corrected chi connectivity index (χ3v) is 5.38. The van der Waals surface area contributed by atoms with E-state index < -0.39 is 0 Å². The maximum absolute atomic E-state index is 13.1. The van der Waals surface area contributed by atoms with Gasteiger partial charge in [-0.05, 0) is 37.0 Å². The maximum atomic E-state index is 13.1. The molecule has 3 aromatic rings. The van der Waals surface area contributed by atoms with Crippen LogP contribution in [0.4, 0.5) is 0 Å². The lowest BCUT2D eigenvalue weighted by Gasteiger charge is -2.16. The van der Waals surface area contributed by atoms with E-state index in [0.717, 1.165) is 17.2 Å². The molecule has 1 saturated carbocycles. The number of carbonyl (C=O) groups is 1. The van der Waals surface area contributed by atoms with Gasteiger partial charge in [0, 0.05) is 19.0 Å². The van der Waals surface area contributed by atoms with Crippen LogP contribution in [0.5, 0.6) is 5.88 Å². The van der Waals surface area contributed by atoms with Gasteiger partial charge in [-0.15, -0.1) is 10.2 Å². The molecule has 1 aliphatic rings. The number of hydrogen-bond donors (Lipinski definition) is 0. The van der Waals surface area contributed by atoms with Crippen molar-refractivity contribution < 1.29 is 13.9 Å². The molecule has 3 aromatic heterocycles. The number of amides is 1. The molecule has 0 bridgehead atoms. The topological polar surface area (TPSA) is 86.3 Å². The van der Waals surface area contributed by atoms with Crippen molar-refractivity contribution in [1.29, 1.82) is 0 Å². The number of furan rings is 1. The minimum Gasteiger partial charge on any atom is -0.480 e. The highest BCUT2D eigenvalue weighted by Gasteiger charge is 2.36. The van der Waals surface area contributed by atoms with Gasteiger partial charge in [0.05, 0.1) is 31.1 Å². The SMILES string of the molecule is CCc1c(C(=O)N(C)Cc2ccc([C@H]3C[C@@H]3C)o2)cnn1-c1ccc(OC)nn1. The van der Waals surface area contributed by atoms with Crippen LogP contribution in [-0.4, -0.2) is 44.9 Å². The fourth-order valence-corrected chi connectivity index (χ4v) is 3.53. The minimum atomic E-state index is -0.104. The summed E-state index contributed by atoms with van der Waals surface area (Å²) in [7, 11) is 3.31. The van der Waals surface area contributed by atoms with Crippen molar-refractivity contribution in [2.24, 2.45) is 5.92 Å². The highest BCUT2D eigenvalue weighted by atomic mass is 16.5. The summed E-state index contributed by atoms with van der Waals surface area (Å²) in [6.07, 6.45) is 3.39. The number of ether oxygens (including phenoxy) is 1. The van der Waals surface area contributed by atoms with Crippen LogP contribution in [0.25, 0.3) is 5.82 Å². The Morgan fingerprint density at radius 2 is 2.10 bits per heavy atom. The molecule has 0 radical (unpaired) electrons. The molecule has 0 unspecified atom stereocenters. The highest BCUT2D eigenvalue weighted by molar-refractivity contribution is 5.95. The van der Waals surface area contributed by atoms with Gasteiger partial charge in [0.2, 0.25) is 5.88 Å². The summed E-state index contributed by atoms with van der Waals surface area (Å²) < 4.78 is 12.6. The van der Waals surface area contributed by atoms with Gasteiger partial charge in [0.15, 0.2) is 5.82 Å². The van der Waals surface area contributed by atoms with Gasteiger partial charge < -0.3 is 14.1 Å². The molecule has 8 nitrogen and oxygen atoms in total. The number of nitrogens with zero attached hydrogens (tertiary/aromatic N) is 5. The summed E-state index contributed by atoms with van der Waals surface area (Å²) >= 11 is 0. The first-order valence-corrected chi connectivity index (χ1v) is 9.80. The van der Waals surface area contributed by atoms with E-state index in [1.165, 1.54) is 13.5 Å². The van der Waals surface area contributed by atoms with E-state index in [4.69, 9.17) is 9.15 Å². The maximum Gasteiger partial charge on any atom is 0.257 e. The van der Waals surface area contributed by atoms with Crippen molar-refractivity contribution in [3.63, 3.8) is 0 Å². The van der Waals surface area contributed by atoms with Gasteiger partial charge in [-0.1, -0.05) is 13.8 Å². The van der Waals surface area contributed by atoms with Crippen LogP contribution in [0.2, 0.25) is 0 Å². The number of methoxy groups -OCH3 is 1. The van der Waals surface area contributed by atoms with Crippen molar-refractivity contribution in [1.82, 2.24) is 24.9 Å². The van der Waals surface area contributed by atoms with Gasteiger partial charge in [-0.25, -0.2) is 4.68 Å². The van der Waals surface area contributed by atoms with Crippen LogP contribution in [0, 0.1) is 5.92 Å². The molecule has 0 aromatic carbocycles. The Morgan fingerprint density at radius 1 is 1.31 bits per heavy atom. The monoisotopic (exact) mass is 395 g/mol. The van der Waals surface area contributed by atoms with Gasteiger partial charge >= 0.3 is 0 Å². The van der Waals surface area contributed by atoms with Crippen molar-refractivity contribution >= 4 is 5.91 Å². The second-order valence-electron chi connectivity index (χ2n) is 7.49. The molecule has 3 heterocycles. The van der Waals surface area contributed by atoms with E-state index in [-0.39, 0.29) is 5.91 Å². The molecule has 1 amide bonds. The van der Waals surface area contributed by atoms with Gasteiger partial charge in [0.1, 0.15) is 11.5 Å². The Hall–Kier alpha value is -3.16. The normalized spacial score (nSPS) is 17.9. The van der Waals surface area contributed by atoms with Gasteiger partial charge in [-0.3, -0.25) is 4.79 Å². The Kier molecular flexibility index (Phi) is 5.08. The smallest absolute Gasteiger partial charge is 0.257 e. The molecule has 1 fully saturated rings. The molecule has 0 saturated heterocycles. The van der Waals surface area contributed by atoms with Crippen molar-refractivity contribution in [2.45, 2.75) is 39.2 Å². The van der Waals surface area contributed by atoms with Crippen molar-refractivity contribution in [3.8, 4) is 11.7 Å². The van der Waals surface area contributed by atoms with Crippen molar-refractivity contribution in [2.75, 3.05) is 14.2 Å². The molecule has 0 aliphatic heterocycles. The first-order chi connectivity index (χ1) is 14.0. The van der Waals surface area contributed by atoms with Gasteiger partial charge in [0.25, 0.3) is 5.91 Å². The molecule has 1 aliphatic carbocycles. The van der Waals surface area contributed by atoms with Gasteiger partial charge in [-0.2, -0.15) is 5.10 Å². The summed E-state index contributed by atoms with van der Waals surface area (Å²) in [5.74, 6) is 3.89. The number of hydrogen-bond acceptors (Lipinski definition) is 6. The summed E-state index contributed by atoms with van der Waals surface area (Å²) in [5.41, 5.74) is 1.34. The average molecular weight is 395 g/mol. The molecule has 29 heavy (non-hydrogen) atoms. The zero-order valence-corrected chi connectivity index (χ0v) is 17.1. The Balaban J connectivity index is 1.51. The molecule has 8 heteroatoms. The molecule has 2 atom stereocenters. The van der Waals surface area contributed by atoms with E-state index in [9.17, 15) is 4.79 Å². The molecule has 0 spiro atoms. The lowest BCUT2D eigenvalue weighted by Crippen LogP contribution is -2.26. The average Bonchev–Trinajstić information content (AvgIpc) is 3.12. The first-order valence-electron chi connectivity index (χ1n) is 9.80. The van der Waals surface area contributed by atoms with E-state index >= 15 is 0 Å². The molecule has 152 valence electrons. The van der Waals surface area contributed by atoms with Crippen LogP contribution >= 0.6 is 0 Å². The Bertz CT molecular complexity index is 1010. The molecular weight excluding hydrogens is 370 g/mol. The third kappa shape index (κ3) is 3.74. The standard InChI is InChI=1S/C21H25N5O3/c1-5-17-16(11-22-26(17)19-8-9-20(28-4)24-23-19)21(27)25(3)12-14-6-7-18(29-14)15-10-13(15)2/h6-9,11,13,15H,5,10,12H2,1-4H3/t13-,15-/m0/s1. The fraction of sp³-hybridized carbons (Fsp3) is 0.429. The third-order valence-electron chi connectivity index (χ3n) is 5.38. The highest BCUT2D eigenvalue weighted by Crippen LogP contribution is 2.47.